The Kier molecular flexibility index (Phi) is 2.33. The van der Waals surface area contributed by atoms with Crippen LogP contribution in [0.5, 0.6) is 0 Å². The molecule has 0 unspecified atom stereocenters. The second-order valence-corrected chi connectivity index (χ2v) is 4.95. The molecule has 3 heterocycles. The van der Waals surface area contributed by atoms with Crippen molar-refractivity contribution in [1.82, 2.24) is 15.0 Å². The van der Waals surface area contributed by atoms with Crippen LogP contribution >= 0.6 is 11.3 Å². The van der Waals surface area contributed by atoms with E-state index in [2.05, 4.69) is 21.0 Å². The molecular weight excluding hydrogens is 232 g/mol. The molecule has 0 radical (unpaired) electrons. The Morgan fingerprint density at radius 2 is 2.06 bits per heavy atom. The van der Waals surface area contributed by atoms with Gasteiger partial charge in [-0.05, 0) is 23.6 Å². The average Bonchev–Trinajstić information content (AvgIpc) is 2.96. The minimum Gasteiger partial charge on any atom is -0.363 e. The van der Waals surface area contributed by atoms with Crippen LogP contribution in [-0.2, 0) is 0 Å². The van der Waals surface area contributed by atoms with Crippen molar-refractivity contribution in [3.63, 3.8) is 0 Å². The van der Waals surface area contributed by atoms with Gasteiger partial charge in [-0.1, -0.05) is 6.07 Å². The lowest BCUT2D eigenvalue weighted by molar-refractivity contribution is 1.08. The first-order valence-corrected chi connectivity index (χ1v) is 6.20. The third-order valence-corrected chi connectivity index (χ3v) is 3.42. The number of H-pyrrole nitrogens is 1. The summed E-state index contributed by atoms with van der Waals surface area (Å²) in [6.07, 6.45) is 0. The monoisotopic (exact) mass is 244 g/mol. The molecule has 0 spiro atoms. The summed E-state index contributed by atoms with van der Waals surface area (Å²) in [4.78, 5) is 15.4. The maximum atomic E-state index is 4.52. The van der Waals surface area contributed by atoms with E-state index in [0.29, 0.717) is 0 Å². The first-order valence-electron chi connectivity index (χ1n) is 5.32. The molecule has 0 amide bonds. The number of nitrogens with one attached hydrogen (secondary N) is 1. The molecular formula is C12H12N4S. The van der Waals surface area contributed by atoms with Gasteiger partial charge in [-0.15, -0.1) is 11.3 Å². The summed E-state index contributed by atoms with van der Waals surface area (Å²) >= 11 is 1.67. The number of rotatable bonds is 2. The van der Waals surface area contributed by atoms with Crippen LogP contribution in [0, 0.1) is 0 Å². The van der Waals surface area contributed by atoms with Gasteiger partial charge in [0.25, 0.3) is 0 Å². The van der Waals surface area contributed by atoms with E-state index in [1.807, 2.05) is 42.6 Å². The molecule has 3 aromatic heterocycles. The molecule has 0 aromatic carbocycles. The highest BCUT2D eigenvalue weighted by Gasteiger charge is 2.08. The van der Waals surface area contributed by atoms with Gasteiger partial charge in [0.05, 0.1) is 10.4 Å². The molecule has 0 fully saturated rings. The third-order valence-electron chi connectivity index (χ3n) is 2.54. The quantitative estimate of drug-likeness (QED) is 0.754. The topological polar surface area (TPSA) is 44.8 Å². The summed E-state index contributed by atoms with van der Waals surface area (Å²) in [5.74, 6) is 1.81. The number of hydrogen-bond donors (Lipinski definition) is 1. The number of nitrogens with zero attached hydrogens (tertiary/aromatic N) is 3. The normalized spacial score (nSPS) is 10.9. The minimum atomic E-state index is 0.764. The molecule has 0 aliphatic rings. The van der Waals surface area contributed by atoms with Crippen molar-refractivity contribution < 1.29 is 0 Å². The maximum absolute atomic E-state index is 4.52. The van der Waals surface area contributed by atoms with Crippen molar-refractivity contribution in [3.8, 4) is 10.7 Å². The zero-order valence-electron chi connectivity index (χ0n) is 9.64. The lowest BCUT2D eigenvalue weighted by atomic mass is 10.4. The smallest absolute Gasteiger partial charge is 0.180 e. The second kappa shape index (κ2) is 3.85. The molecule has 0 aliphatic carbocycles. The van der Waals surface area contributed by atoms with Crippen LogP contribution in [0.3, 0.4) is 0 Å². The fourth-order valence-electron chi connectivity index (χ4n) is 1.66. The molecule has 0 saturated heterocycles. The standard InChI is InChI=1S/C12H12N4S/c1-16(2)10-6-5-8-11(14-10)15-12(13-8)9-4-3-7-17-9/h3-7H,1-2H3,(H,13,14,15). The Morgan fingerprint density at radius 1 is 1.18 bits per heavy atom. The number of imidazole rings is 1. The van der Waals surface area contributed by atoms with Crippen molar-refractivity contribution >= 4 is 28.3 Å². The summed E-state index contributed by atoms with van der Waals surface area (Å²) in [5, 5.41) is 2.04. The zero-order valence-corrected chi connectivity index (χ0v) is 10.5. The largest absolute Gasteiger partial charge is 0.363 e. The summed E-state index contributed by atoms with van der Waals surface area (Å²) in [5.41, 5.74) is 1.73. The number of thiophene rings is 1. The highest BCUT2D eigenvalue weighted by Crippen LogP contribution is 2.24. The van der Waals surface area contributed by atoms with Gasteiger partial charge >= 0.3 is 0 Å². The summed E-state index contributed by atoms with van der Waals surface area (Å²) < 4.78 is 0. The molecule has 3 aromatic rings. The van der Waals surface area contributed by atoms with Gasteiger partial charge in [-0.2, -0.15) is 0 Å². The van der Waals surface area contributed by atoms with Crippen LogP contribution in [-0.4, -0.2) is 29.0 Å². The molecule has 86 valence electrons. The third kappa shape index (κ3) is 1.78. The molecule has 0 bridgehead atoms. The predicted molar refractivity (Wildman–Crippen MR) is 71.5 cm³/mol. The second-order valence-electron chi connectivity index (χ2n) is 4.00. The summed E-state index contributed by atoms with van der Waals surface area (Å²) in [6.45, 7) is 0. The van der Waals surface area contributed by atoms with Crippen molar-refractivity contribution in [2.45, 2.75) is 0 Å². The molecule has 17 heavy (non-hydrogen) atoms. The van der Waals surface area contributed by atoms with Crippen molar-refractivity contribution in [2.75, 3.05) is 19.0 Å². The van der Waals surface area contributed by atoms with E-state index in [-0.39, 0.29) is 0 Å². The number of aromatic amines is 1. The number of pyridine rings is 1. The van der Waals surface area contributed by atoms with Gasteiger partial charge in [0.2, 0.25) is 0 Å². The van der Waals surface area contributed by atoms with Crippen LogP contribution in [0.4, 0.5) is 5.82 Å². The number of anilines is 1. The average molecular weight is 244 g/mol. The van der Waals surface area contributed by atoms with E-state index in [9.17, 15) is 0 Å². The van der Waals surface area contributed by atoms with Gasteiger partial charge in [0.15, 0.2) is 11.5 Å². The molecule has 4 nitrogen and oxygen atoms in total. The molecule has 5 heteroatoms. The fourth-order valence-corrected chi connectivity index (χ4v) is 2.33. The highest BCUT2D eigenvalue weighted by atomic mass is 32.1. The molecule has 0 saturated carbocycles. The predicted octanol–water partition coefficient (Wildman–Crippen LogP) is 2.75. The van der Waals surface area contributed by atoms with Gasteiger partial charge in [-0.3, -0.25) is 0 Å². The van der Waals surface area contributed by atoms with E-state index in [4.69, 9.17) is 0 Å². The van der Waals surface area contributed by atoms with Crippen molar-refractivity contribution in [3.05, 3.63) is 29.6 Å². The zero-order chi connectivity index (χ0) is 11.8. The molecule has 0 atom stereocenters. The Bertz CT molecular complexity index is 640. The fraction of sp³-hybridized carbons (Fsp3) is 0.167. The van der Waals surface area contributed by atoms with Gasteiger partial charge in [0.1, 0.15) is 5.82 Å². The van der Waals surface area contributed by atoms with Crippen LogP contribution in [0.25, 0.3) is 21.9 Å². The number of hydrogen-bond acceptors (Lipinski definition) is 4. The van der Waals surface area contributed by atoms with E-state index < -0.39 is 0 Å². The first-order chi connectivity index (χ1) is 8.24. The summed E-state index contributed by atoms with van der Waals surface area (Å²) in [7, 11) is 3.95. The number of aromatic nitrogens is 3. The Hall–Kier alpha value is -1.88. The molecule has 0 aliphatic heterocycles. The van der Waals surface area contributed by atoms with Crippen molar-refractivity contribution in [1.29, 1.82) is 0 Å². The lowest BCUT2D eigenvalue weighted by Crippen LogP contribution is -2.10. The van der Waals surface area contributed by atoms with Crippen LogP contribution in [0.2, 0.25) is 0 Å². The summed E-state index contributed by atoms with van der Waals surface area (Å²) in [6, 6.07) is 8.07. The van der Waals surface area contributed by atoms with Crippen LogP contribution < -0.4 is 4.90 Å². The van der Waals surface area contributed by atoms with E-state index in [1.54, 1.807) is 11.3 Å². The lowest BCUT2D eigenvalue weighted by Gasteiger charge is -2.09. The highest BCUT2D eigenvalue weighted by molar-refractivity contribution is 7.13. The molecule has 1 N–H and O–H groups in total. The van der Waals surface area contributed by atoms with Crippen LogP contribution in [0.1, 0.15) is 0 Å². The van der Waals surface area contributed by atoms with Gasteiger partial charge < -0.3 is 9.88 Å². The van der Waals surface area contributed by atoms with Crippen LogP contribution in [0.15, 0.2) is 29.6 Å². The van der Waals surface area contributed by atoms with E-state index >= 15 is 0 Å². The Labute approximate surface area is 103 Å². The Balaban J connectivity index is 2.13. The first kappa shape index (κ1) is 10.3. The molecule has 3 rings (SSSR count). The van der Waals surface area contributed by atoms with Gasteiger partial charge in [0, 0.05) is 14.1 Å². The van der Waals surface area contributed by atoms with Crippen molar-refractivity contribution in [2.24, 2.45) is 0 Å². The van der Waals surface area contributed by atoms with E-state index in [0.717, 1.165) is 27.7 Å². The van der Waals surface area contributed by atoms with Gasteiger partial charge in [-0.25, -0.2) is 9.97 Å². The SMILES string of the molecule is CN(C)c1ccc2[nH]c(-c3cccs3)nc2n1. The van der Waals surface area contributed by atoms with E-state index in [1.165, 1.54) is 0 Å². The number of fused-ring (bicyclic) bond motifs is 1. The minimum absolute atomic E-state index is 0.764. The maximum Gasteiger partial charge on any atom is 0.180 e. The Morgan fingerprint density at radius 3 is 2.76 bits per heavy atom.